The second-order valence-electron chi connectivity index (χ2n) is 4.64. The molecule has 0 saturated carbocycles. The van der Waals surface area contributed by atoms with E-state index in [4.69, 9.17) is 11.3 Å². The molecule has 0 aliphatic carbocycles. The van der Waals surface area contributed by atoms with Gasteiger partial charge in [-0.25, -0.2) is 6.57 Å². The van der Waals surface area contributed by atoms with Crippen molar-refractivity contribution in [1.29, 1.82) is 0 Å². The molecule has 0 spiro atoms. The van der Waals surface area contributed by atoms with Crippen LogP contribution in [0, 0.1) is 12.5 Å². The van der Waals surface area contributed by atoms with Gasteiger partial charge in [0.1, 0.15) is 0 Å². The molecule has 0 aromatic carbocycles. The first kappa shape index (κ1) is 9.95. The SMILES string of the molecule is [C-]#[N+]C[C@@H]1COC[C@@H]2C[C@H]1N2C(C)C. The minimum Gasteiger partial charge on any atom is -0.379 e. The van der Waals surface area contributed by atoms with E-state index in [0.717, 1.165) is 13.2 Å². The van der Waals surface area contributed by atoms with Crippen LogP contribution in [0.3, 0.4) is 0 Å². The molecule has 3 heterocycles. The average molecular weight is 194 g/mol. The third kappa shape index (κ3) is 1.53. The van der Waals surface area contributed by atoms with E-state index in [0.29, 0.717) is 30.6 Å². The van der Waals surface area contributed by atoms with E-state index in [-0.39, 0.29) is 0 Å². The molecule has 0 amide bonds. The smallest absolute Gasteiger partial charge is 0.221 e. The summed E-state index contributed by atoms with van der Waals surface area (Å²) in [4.78, 5) is 6.04. The molecule has 0 unspecified atom stereocenters. The Hall–Kier alpha value is -0.590. The zero-order chi connectivity index (χ0) is 10.1. The number of hydrogen-bond acceptors (Lipinski definition) is 2. The van der Waals surface area contributed by atoms with Gasteiger partial charge in [0.05, 0.1) is 19.1 Å². The molecule has 3 heteroatoms. The van der Waals surface area contributed by atoms with Crippen molar-refractivity contribution < 1.29 is 4.74 Å². The van der Waals surface area contributed by atoms with Crippen molar-refractivity contribution in [2.75, 3.05) is 19.8 Å². The van der Waals surface area contributed by atoms with Gasteiger partial charge in [-0.2, -0.15) is 0 Å². The summed E-state index contributed by atoms with van der Waals surface area (Å²) >= 11 is 0. The molecule has 0 N–H and O–H groups in total. The number of rotatable bonds is 2. The van der Waals surface area contributed by atoms with Gasteiger partial charge in [-0.15, -0.1) is 0 Å². The van der Waals surface area contributed by atoms with E-state index in [1.54, 1.807) is 0 Å². The lowest BCUT2D eigenvalue weighted by Gasteiger charge is -2.50. The fourth-order valence-electron chi connectivity index (χ4n) is 2.81. The number of nitrogens with zero attached hydrogens (tertiary/aromatic N) is 2. The van der Waals surface area contributed by atoms with Crippen LogP contribution in [0.2, 0.25) is 0 Å². The third-order valence-corrected chi connectivity index (χ3v) is 3.43. The highest BCUT2D eigenvalue weighted by Gasteiger charge is 2.47. The molecule has 78 valence electrons. The van der Waals surface area contributed by atoms with Crippen molar-refractivity contribution >= 4 is 0 Å². The molecular weight excluding hydrogens is 176 g/mol. The van der Waals surface area contributed by atoms with Crippen molar-refractivity contribution in [2.45, 2.75) is 38.4 Å². The molecule has 0 aromatic heterocycles. The largest absolute Gasteiger partial charge is 0.379 e. The highest BCUT2D eigenvalue weighted by atomic mass is 16.5. The summed E-state index contributed by atoms with van der Waals surface area (Å²) in [6.45, 7) is 13.7. The molecule has 0 aromatic rings. The molecule has 2 bridgehead atoms. The second-order valence-corrected chi connectivity index (χ2v) is 4.64. The summed E-state index contributed by atoms with van der Waals surface area (Å²) in [6.07, 6.45) is 1.23. The molecule has 3 aliphatic rings. The van der Waals surface area contributed by atoms with Crippen molar-refractivity contribution in [1.82, 2.24) is 4.90 Å². The Bertz CT molecular complexity index is 246. The fourth-order valence-corrected chi connectivity index (χ4v) is 2.81. The minimum absolute atomic E-state index is 0.439. The van der Waals surface area contributed by atoms with Crippen LogP contribution in [0.4, 0.5) is 0 Å². The van der Waals surface area contributed by atoms with Gasteiger partial charge in [-0.1, -0.05) is 0 Å². The van der Waals surface area contributed by atoms with Crippen molar-refractivity contribution in [3.63, 3.8) is 0 Å². The normalized spacial score (nSPS) is 37.4. The first-order chi connectivity index (χ1) is 6.74. The standard InChI is InChI=1S/C11H18N2O/c1-8(2)13-10-4-11(13)9(5-12-3)6-14-7-10/h8-11H,4-7H2,1-2H3/t9-,10+,11-/m1/s1. The van der Waals surface area contributed by atoms with E-state index < -0.39 is 0 Å². The van der Waals surface area contributed by atoms with E-state index in [9.17, 15) is 0 Å². The van der Waals surface area contributed by atoms with Gasteiger partial charge in [0.2, 0.25) is 6.54 Å². The number of ether oxygens (including phenoxy) is 1. The highest BCUT2D eigenvalue weighted by molar-refractivity contribution is 5.01. The molecule has 3 fully saturated rings. The summed E-state index contributed by atoms with van der Waals surface area (Å²) in [7, 11) is 0. The summed E-state index contributed by atoms with van der Waals surface area (Å²) in [5, 5.41) is 0. The lowest BCUT2D eigenvalue weighted by Crippen LogP contribution is -2.61. The third-order valence-electron chi connectivity index (χ3n) is 3.43. The van der Waals surface area contributed by atoms with Crippen LogP contribution in [0.1, 0.15) is 20.3 Å². The Morgan fingerprint density at radius 3 is 2.93 bits per heavy atom. The van der Waals surface area contributed by atoms with Gasteiger partial charge < -0.3 is 9.58 Å². The van der Waals surface area contributed by atoms with Crippen LogP contribution in [0.15, 0.2) is 0 Å². The Morgan fingerprint density at radius 2 is 2.29 bits per heavy atom. The van der Waals surface area contributed by atoms with Crippen molar-refractivity contribution in [2.24, 2.45) is 5.92 Å². The summed E-state index contributed by atoms with van der Waals surface area (Å²) in [5.41, 5.74) is 0. The second kappa shape index (κ2) is 3.88. The van der Waals surface area contributed by atoms with Gasteiger partial charge in [0.25, 0.3) is 0 Å². The molecule has 3 nitrogen and oxygen atoms in total. The zero-order valence-electron chi connectivity index (χ0n) is 8.94. The molecule has 0 radical (unpaired) electrons. The maximum absolute atomic E-state index is 6.94. The topological polar surface area (TPSA) is 16.8 Å². The predicted octanol–water partition coefficient (Wildman–Crippen LogP) is 1.40. The predicted molar refractivity (Wildman–Crippen MR) is 54.9 cm³/mol. The molecule has 14 heavy (non-hydrogen) atoms. The summed E-state index contributed by atoms with van der Waals surface area (Å²) in [6, 6.07) is 1.82. The van der Waals surface area contributed by atoms with Crippen LogP contribution >= 0.6 is 0 Å². The zero-order valence-corrected chi connectivity index (χ0v) is 8.94. The average Bonchev–Trinajstić information content (AvgIpc) is 2.34. The van der Waals surface area contributed by atoms with Gasteiger partial charge in [0.15, 0.2) is 0 Å². The van der Waals surface area contributed by atoms with Gasteiger partial charge in [-0.3, -0.25) is 4.90 Å². The Kier molecular flexibility index (Phi) is 2.76. The molecule has 3 atom stereocenters. The van der Waals surface area contributed by atoms with Crippen LogP contribution in [0.5, 0.6) is 0 Å². The molecule has 3 aliphatic heterocycles. The number of hydrogen-bond donors (Lipinski definition) is 0. The van der Waals surface area contributed by atoms with Crippen LogP contribution in [-0.2, 0) is 4.74 Å². The fraction of sp³-hybridized carbons (Fsp3) is 0.909. The van der Waals surface area contributed by atoms with Crippen LogP contribution < -0.4 is 0 Å². The highest BCUT2D eigenvalue weighted by Crippen LogP contribution is 2.36. The summed E-state index contributed by atoms with van der Waals surface area (Å²) in [5.74, 6) is 0.439. The maximum Gasteiger partial charge on any atom is 0.221 e. The Morgan fingerprint density at radius 1 is 1.50 bits per heavy atom. The lowest BCUT2D eigenvalue weighted by molar-refractivity contribution is -0.0303. The summed E-state index contributed by atoms with van der Waals surface area (Å²) < 4.78 is 5.61. The Balaban J connectivity index is 2.05. The van der Waals surface area contributed by atoms with E-state index in [1.807, 2.05) is 0 Å². The molecule has 3 rings (SSSR count). The first-order valence-electron chi connectivity index (χ1n) is 5.42. The lowest BCUT2D eigenvalue weighted by atomic mass is 9.83. The maximum atomic E-state index is 6.94. The minimum atomic E-state index is 0.439. The van der Waals surface area contributed by atoms with Gasteiger partial charge in [-0.05, 0) is 20.3 Å². The van der Waals surface area contributed by atoms with E-state index in [2.05, 4.69) is 23.6 Å². The number of fused-ring (bicyclic) bond motifs is 3. The Labute approximate surface area is 85.9 Å². The van der Waals surface area contributed by atoms with Crippen molar-refractivity contribution in [3.8, 4) is 0 Å². The van der Waals surface area contributed by atoms with E-state index >= 15 is 0 Å². The van der Waals surface area contributed by atoms with Crippen LogP contribution in [-0.4, -0.2) is 42.8 Å². The van der Waals surface area contributed by atoms with E-state index in [1.165, 1.54) is 6.42 Å². The van der Waals surface area contributed by atoms with Gasteiger partial charge in [0, 0.05) is 18.1 Å². The van der Waals surface area contributed by atoms with Gasteiger partial charge >= 0.3 is 0 Å². The first-order valence-corrected chi connectivity index (χ1v) is 5.42. The monoisotopic (exact) mass is 194 g/mol. The molecular formula is C11H18N2O. The van der Waals surface area contributed by atoms with Crippen LogP contribution in [0.25, 0.3) is 4.85 Å². The molecule has 3 saturated heterocycles. The quantitative estimate of drug-likeness (QED) is 0.618. The van der Waals surface area contributed by atoms with Crippen molar-refractivity contribution in [3.05, 3.63) is 11.4 Å².